The third-order valence-corrected chi connectivity index (χ3v) is 1.84. The van der Waals surface area contributed by atoms with E-state index >= 15 is 0 Å². The molecule has 1 aliphatic heterocycles. The van der Waals surface area contributed by atoms with E-state index in [9.17, 15) is 4.79 Å². The second-order valence-electron chi connectivity index (χ2n) is 3.25. The molecule has 0 aliphatic carbocycles. The van der Waals surface area contributed by atoms with Gasteiger partial charge in [-0.3, -0.25) is 9.69 Å². The second-order valence-corrected chi connectivity index (χ2v) is 3.25. The van der Waals surface area contributed by atoms with Gasteiger partial charge < -0.3 is 0 Å². The molecule has 0 aromatic rings. The molecule has 1 rings (SSSR count). The molecule has 0 N–H and O–H groups in total. The lowest BCUT2D eigenvalue weighted by Crippen LogP contribution is -2.31. The van der Waals surface area contributed by atoms with Gasteiger partial charge in [0.15, 0.2) is 13.0 Å². The molecule has 1 amide bonds. The summed E-state index contributed by atoms with van der Waals surface area (Å²) in [6.45, 7) is 7.02. The Morgan fingerprint density at radius 3 is 2.40 bits per heavy atom. The third-order valence-electron chi connectivity index (χ3n) is 1.84. The van der Waals surface area contributed by atoms with Crippen LogP contribution in [0.1, 0.15) is 27.2 Å². The molecule has 2 nitrogen and oxygen atoms in total. The molecule has 0 unspecified atom stereocenters. The molecule has 1 saturated heterocycles. The van der Waals surface area contributed by atoms with Crippen LogP contribution in [0.25, 0.3) is 0 Å². The first kappa shape index (κ1) is 7.45. The maximum absolute atomic E-state index is 11.1. The van der Waals surface area contributed by atoms with Crippen molar-refractivity contribution < 1.29 is 4.79 Å². The Morgan fingerprint density at radius 1 is 1.60 bits per heavy atom. The van der Waals surface area contributed by atoms with Crippen LogP contribution in [0.4, 0.5) is 0 Å². The van der Waals surface area contributed by atoms with Gasteiger partial charge in [0.2, 0.25) is 0 Å². The van der Waals surface area contributed by atoms with Crippen molar-refractivity contribution in [3.63, 3.8) is 0 Å². The second kappa shape index (κ2) is 2.52. The SMILES string of the molecule is C[C+]1CC(=O)N(C(C)C)C1. The van der Waals surface area contributed by atoms with Gasteiger partial charge in [0.25, 0.3) is 5.91 Å². The summed E-state index contributed by atoms with van der Waals surface area (Å²) in [6, 6.07) is 0.366. The van der Waals surface area contributed by atoms with Crippen LogP contribution in [0.15, 0.2) is 0 Å². The van der Waals surface area contributed by atoms with Crippen LogP contribution in [0.5, 0.6) is 0 Å². The summed E-state index contributed by atoms with van der Waals surface area (Å²) >= 11 is 0. The average Bonchev–Trinajstić information content (AvgIpc) is 2.10. The van der Waals surface area contributed by atoms with Crippen LogP contribution < -0.4 is 0 Å². The highest BCUT2D eigenvalue weighted by Crippen LogP contribution is 2.20. The lowest BCUT2D eigenvalue weighted by Gasteiger charge is -2.15. The third kappa shape index (κ3) is 1.25. The fourth-order valence-electron chi connectivity index (χ4n) is 1.27. The predicted molar refractivity (Wildman–Crippen MR) is 40.4 cm³/mol. The maximum atomic E-state index is 11.1. The van der Waals surface area contributed by atoms with Gasteiger partial charge in [-0.1, -0.05) is 0 Å². The summed E-state index contributed by atoms with van der Waals surface area (Å²) in [5.74, 6) is 1.58. The maximum Gasteiger partial charge on any atom is 0.271 e. The lowest BCUT2D eigenvalue weighted by atomic mass is 10.2. The number of carbonyl (C=O) groups excluding carboxylic acids is 1. The summed E-state index contributed by atoms with van der Waals surface area (Å²) in [5.41, 5.74) is 0. The number of hydrogen-bond donors (Lipinski definition) is 0. The number of nitrogens with zero attached hydrogens (tertiary/aromatic N) is 1. The van der Waals surface area contributed by atoms with Crippen LogP contribution in [0.3, 0.4) is 0 Å². The highest BCUT2D eigenvalue weighted by atomic mass is 16.2. The zero-order valence-electron chi connectivity index (χ0n) is 6.85. The number of likely N-dealkylation sites (tertiary alicyclic amines) is 1. The van der Waals surface area contributed by atoms with E-state index in [1.54, 1.807) is 0 Å². The van der Waals surface area contributed by atoms with E-state index in [4.69, 9.17) is 0 Å². The summed E-state index contributed by atoms with van der Waals surface area (Å²) in [7, 11) is 0. The van der Waals surface area contributed by atoms with Crippen molar-refractivity contribution in [3.8, 4) is 0 Å². The molecule has 0 saturated carbocycles. The van der Waals surface area contributed by atoms with Crippen LogP contribution in [-0.2, 0) is 4.79 Å². The Bertz CT molecular complexity index is 142. The van der Waals surface area contributed by atoms with Crippen LogP contribution in [0.2, 0.25) is 0 Å². The number of rotatable bonds is 1. The highest BCUT2D eigenvalue weighted by molar-refractivity contribution is 5.81. The first-order valence-electron chi connectivity index (χ1n) is 3.72. The van der Waals surface area contributed by atoms with Crippen molar-refractivity contribution in [2.75, 3.05) is 6.54 Å². The highest BCUT2D eigenvalue weighted by Gasteiger charge is 2.36. The fourth-order valence-corrected chi connectivity index (χ4v) is 1.27. The quantitative estimate of drug-likeness (QED) is 0.501. The van der Waals surface area contributed by atoms with E-state index in [0.717, 1.165) is 6.54 Å². The summed E-state index contributed by atoms with van der Waals surface area (Å²) < 4.78 is 0. The molecular weight excluding hydrogens is 126 g/mol. The summed E-state index contributed by atoms with van der Waals surface area (Å²) in [6.07, 6.45) is 0.665. The zero-order chi connectivity index (χ0) is 7.72. The van der Waals surface area contributed by atoms with E-state index < -0.39 is 0 Å². The normalized spacial score (nSPS) is 19.4. The monoisotopic (exact) mass is 140 g/mol. The van der Waals surface area contributed by atoms with E-state index in [-0.39, 0.29) is 5.91 Å². The van der Waals surface area contributed by atoms with E-state index in [2.05, 4.69) is 13.8 Å². The van der Waals surface area contributed by atoms with Crippen LogP contribution >= 0.6 is 0 Å². The smallest absolute Gasteiger partial charge is 0.271 e. The lowest BCUT2D eigenvalue weighted by molar-refractivity contribution is -0.129. The number of carbonyl (C=O) groups is 1. The topological polar surface area (TPSA) is 20.3 Å². The van der Waals surface area contributed by atoms with Gasteiger partial charge in [-0.25, -0.2) is 0 Å². The largest absolute Gasteiger partial charge is 0.298 e. The van der Waals surface area contributed by atoms with Crippen molar-refractivity contribution in [1.82, 2.24) is 4.90 Å². The summed E-state index contributed by atoms with van der Waals surface area (Å²) in [4.78, 5) is 13.0. The van der Waals surface area contributed by atoms with Gasteiger partial charge in [-0.15, -0.1) is 0 Å². The van der Waals surface area contributed by atoms with Gasteiger partial charge >= 0.3 is 0 Å². The summed E-state index contributed by atoms with van der Waals surface area (Å²) in [5, 5.41) is 0. The Morgan fingerprint density at radius 2 is 2.20 bits per heavy atom. The number of amides is 1. The fraction of sp³-hybridized carbons (Fsp3) is 0.750. The van der Waals surface area contributed by atoms with Crippen molar-refractivity contribution >= 4 is 5.91 Å². The molecular formula is C8H14NO+. The Hall–Kier alpha value is -0.660. The minimum Gasteiger partial charge on any atom is -0.298 e. The Labute approximate surface area is 62.2 Å². The Balaban J connectivity index is 2.55. The minimum atomic E-state index is 0.285. The first-order valence-corrected chi connectivity index (χ1v) is 3.72. The molecule has 0 aromatic heterocycles. The average molecular weight is 140 g/mol. The van der Waals surface area contributed by atoms with Crippen molar-refractivity contribution in [2.24, 2.45) is 0 Å². The predicted octanol–water partition coefficient (Wildman–Crippen LogP) is 1.22. The van der Waals surface area contributed by atoms with E-state index in [0.29, 0.717) is 12.5 Å². The minimum absolute atomic E-state index is 0.285. The Kier molecular flexibility index (Phi) is 1.88. The van der Waals surface area contributed by atoms with Gasteiger partial charge in [-0.2, -0.15) is 0 Å². The van der Waals surface area contributed by atoms with Gasteiger partial charge in [0.05, 0.1) is 6.92 Å². The van der Waals surface area contributed by atoms with Gasteiger partial charge in [0.1, 0.15) is 5.92 Å². The van der Waals surface area contributed by atoms with Gasteiger partial charge in [0, 0.05) is 6.04 Å². The van der Waals surface area contributed by atoms with E-state index in [1.165, 1.54) is 5.92 Å². The van der Waals surface area contributed by atoms with Crippen molar-refractivity contribution in [3.05, 3.63) is 5.92 Å². The first-order chi connectivity index (χ1) is 4.61. The molecule has 0 atom stereocenters. The van der Waals surface area contributed by atoms with Gasteiger partial charge in [-0.05, 0) is 13.8 Å². The molecule has 56 valence electrons. The van der Waals surface area contributed by atoms with Crippen LogP contribution in [0, 0.1) is 5.92 Å². The van der Waals surface area contributed by atoms with Crippen molar-refractivity contribution in [2.45, 2.75) is 33.2 Å². The van der Waals surface area contributed by atoms with Crippen LogP contribution in [-0.4, -0.2) is 23.4 Å². The molecule has 1 aliphatic rings. The molecule has 0 aromatic carbocycles. The zero-order valence-corrected chi connectivity index (χ0v) is 6.85. The van der Waals surface area contributed by atoms with E-state index in [1.807, 2.05) is 11.8 Å². The standard InChI is InChI=1S/C8H14NO/c1-6(2)9-5-7(3)4-8(9)10/h6H,4-5H2,1-3H3/q+1. The molecule has 10 heavy (non-hydrogen) atoms. The molecule has 0 bridgehead atoms. The molecule has 2 heteroatoms. The van der Waals surface area contributed by atoms with Crippen molar-refractivity contribution in [1.29, 1.82) is 0 Å². The molecule has 0 radical (unpaired) electrons. The molecule has 1 heterocycles. The molecule has 0 spiro atoms. The molecule has 1 fully saturated rings. The number of hydrogen-bond acceptors (Lipinski definition) is 1.